The van der Waals surface area contributed by atoms with Gasteiger partial charge in [-0.25, -0.2) is 0 Å². The Balaban J connectivity index is 1.80. The molecule has 1 saturated heterocycles. The van der Waals surface area contributed by atoms with E-state index in [0.29, 0.717) is 24.3 Å². The van der Waals surface area contributed by atoms with Crippen LogP contribution in [0.2, 0.25) is 0 Å². The van der Waals surface area contributed by atoms with Crippen LogP contribution in [0.1, 0.15) is 29.5 Å². The number of ether oxygens (including phenoxy) is 3. The summed E-state index contributed by atoms with van der Waals surface area (Å²) < 4.78 is 57.0. The topological polar surface area (TPSA) is 48.0 Å². The van der Waals surface area contributed by atoms with E-state index in [-0.39, 0.29) is 13.2 Å². The van der Waals surface area contributed by atoms with Crippen LogP contribution in [0.15, 0.2) is 78.9 Å². The molecule has 1 aliphatic heterocycles. The zero-order chi connectivity index (χ0) is 25.8. The summed E-state index contributed by atoms with van der Waals surface area (Å²) in [4.78, 5) is 13.0. The second-order valence-corrected chi connectivity index (χ2v) is 8.61. The highest BCUT2D eigenvalue weighted by Gasteiger charge is 2.47. The van der Waals surface area contributed by atoms with E-state index in [2.05, 4.69) is 0 Å². The van der Waals surface area contributed by atoms with E-state index in [1.165, 1.54) is 0 Å². The highest BCUT2D eigenvalue weighted by atomic mass is 19.4. The number of methoxy groups -OCH3 is 2. The summed E-state index contributed by atoms with van der Waals surface area (Å²) in [5.74, 6) is -0.505. The number of hydrogen-bond donors (Lipinski definition) is 0. The lowest BCUT2D eigenvalue weighted by Crippen LogP contribution is -2.47. The van der Waals surface area contributed by atoms with Crippen molar-refractivity contribution < 1.29 is 32.2 Å². The fraction of sp³-hybridized carbons (Fsp3) is 0.321. The molecule has 0 saturated carbocycles. The monoisotopic (exact) mass is 499 g/mol. The molecule has 1 unspecified atom stereocenters. The average molecular weight is 500 g/mol. The first-order chi connectivity index (χ1) is 17.3. The van der Waals surface area contributed by atoms with Crippen LogP contribution < -0.4 is 9.47 Å². The van der Waals surface area contributed by atoms with Crippen LogP contribution in [0, 0.1) is 0 Å². The highest BCUT2D eigenvalue weighted by Crippen LogP contribution is 2.42. The SMILES string of the molecule is COc1ccc(C(OCC2CCCN2C(=O)C(F)(F)F)(c2ccccc2)c2ccc(OC)cc2)cc1. The molecule has 1 fully saturated rings. The zero-order valence-electron chi connectivity index (χ0n) is 20.1. The molecule has 0 bridgehead atoms. The fourth-order valence-electron chi connectivity index (χ4n) is 4.73. The summed E-state index contributed by atoms with van der Waals surface area (Å²) in [6.07, 6.45) is -4.01. The highest BCUT2D eigenvalue weighted by molar-refractivity contribution is 5.82. The minimum absolute atomic E-state index is 0.0514. The van der Waals surface area contributed by atoms with Crippen molar-refractivity contribution in [2.45, 2.75) is 30.7 Å². The smallest absolute Gasteiger partial charge is 0.471 e. The summed E-state index contributed by atoms with van der Waals surface area (Å²) in [7, 11) is 3.15. The molecule has 0 radical (unpaired) electrons. The minimum atomic E-state index is -4.93. The van der Waals surface area contributed by atoms with E-state index in [9.17, 15) is 18.0 Å². The van der Waals surface area contributed by atoms with Gasteiger partial charge < -0.3 is 19.1 Å². The van der Waals surface area contributed by atoms with E-state index in [4.69, 9.17) is 14.2 Å². The van der Waals surface area contributed by atoms with Crippen LogP contribution in [-0.4, -0.2) is 50.4 Å². The molecule has 1 aliphatic rings. The van der Waals surface area contributed by atoms with Gasteiger partial charge >= 0.3 is 12.1 Å². The largest absolute Gasteiger partial charge is 0.497 e. The van der Waals surface area contributed by atoms with Crippen LogP contribution in [0.5, 0.6) is 11.5 Å². The normalized spacial score (nSPS) is 16.1. The Morgan fingerprint density at radius 1 is 0.833 bits per heavy atom. The lowest BCUT2D eigenvalue weighted by atomic mass is 9.80. The first-order valence-corrected chi connectivity index (χ1v) is 11.7. The van der Waals surface area contributed by atoms with Gasteiger partial charge in [0.1, 0.15) is 17.1 Å². The lowest BCUT2D eigenvalue weighted by Gasteiger charge is -2.38. The first kappa shape index (κ1) is 25.6. The number of likely N-dealkylation sites (tertiary alicyclic amines) is 1. The van der Waals surface area contributed by atoms with Crippen LogP contribution in [-0.2, 0) is 15.1 Å². The molecule has 1 atom stereocenters. The van der Waals surface area contributed by atoms with Gasteiger partial charge in [0.05, 0.1) is 26.9 Å². The van der Waals surface area contributed by atoms with Crippen LogP contribution >= 0.6 is 0 Å². The Kier molecular flexibility index (Phi) is 7.54. The molecule has 0 spiro atoms. The van der Waals surface area contributed by atoms with Crippen molar-refractivity contribution in [3.63, 3.8) is 0 Å². The summed E-state index contributed by atoms with van der Waals surface area (Å²) in [5.41, 5.74) is 1.18. The molecule has 4 rings (SSSR count). The average Bonchev–Trinajstić information content (AvgIpc) is 3.38. The molecule has 36 heavy (non-hydrogen) atoms. The molecule has 5 nitrogen and oxygen atoms in total. The van der Waals surface area contributed by atoms with Crippen LogP contribution in [0.25, 0.3) is 0 Å². The van der Waals surface area contributed by atoms with Gasteiger partial charge in [0, 0.05) is 6.54 Å². The predicted molar refractivity (Wildman–Crippen MR) is 129 cm³/mol. The van der Waals surface area contributed by atoms with Gasteiger partial charge in [-0.2, -0.15) is 13.2 Å². The van der Waals surface area contributed by atoms with Crippen molar-refractivity contribution in [2.24, 2.45) is 0 Å². The number of halogens is 3. The molecule has 1 heterocycles. The van der Waals surface area contributed by atoms with Crippen molar-refractivity contribution in [2.75, 3.05) is 27.4 Å². The van der Waals surface area contributed by atoms with E-state index >= 15 is 0 Å². The first-order valence-electron chi connectivity index (χ1n) is 11.7. The Hall–Kier alpha value is -3.52. The fourth-order valence-corrected chi connectivity index (χ4v) is 4.73. The summed E-state index contributed by atoms with van der Waals surface area (Å²) >= 11 is 0. The summed E-state index contributed by atoms with van der Waals surface area (Å²) in [5, 5.41) is 0. The van der Waals surface area contributed by atoms with Gasteiger partial charge in [-0.05, 0) is 53.8 Å². The third-order valence-electron chi connectivity index (χ3n) is 6.55. The van der Waals surface area contributed by atoms with Gasteiger partial charge in [0.15, 0.2) is 0 Å². The number of rotatable bonds is 8. The van der Waals surface area contributed by atoms with Gasteiger partial charge in [-0.3, -0.25) is 4.79 Å². The van der Waals surface area contributed by atoms with E-state index in [1.807, 2.05) is 78.9 Å². The molecule has 0 N–H and O–H groups in total. The number of hydrogen-bond acceptors (Lipinski definition) is 4. The summed E-state index contributed by atoms with van der Waals surface area (Å²) in [6.45, 7) is -0.0233. The van der Waals surface area contributed by atoms with Gasteiger partial charge in [-0.1, -0.05) is 54.6 Å². The number of amides is 1. The molecular weight excluding hydrogens is 471 g/mol. The zero-order valence-corrected chi connectivity index (χ0v) is 20.1. The number of carbonyl (C=O) groups excluding carboxylic acids is 1. The molecular formula is C28H28F3NO4. The maximum Gasteiger partial charge on any atom is 0.471 e. The molecule has 3 aromatic rings. The Labute approximate surface area is 208 Å². The molecule has 8 heteroatoms. The maximum absolute atomic E-state index is 13.2. The quantitative estimate of drug-likeness (QED) is 0.381. The third kappa shape index (κ3) is 5.04. The van der Waals surface area contributed by atoms with Crippen molar-refractivity contribution >= 4 is 5.91 Å². The van der Waals surface area contributed by atoms with E-state index in [0.717, 1.165) is 21.6 Å². The molecule has 0 aromatic heterocycles. The second kappa shape index (κ2) is 10.6. The van der Waals surface area contributed by atoms with Crippen molar-refractivity contribution in [3.05, 3.63) is 95.6 Å². The van der Waals surface area contributed by atoms with Crippen molar-refractivity contribution in [1.82, 2.24) is 4.90 Å². The van der Waals surface area contributed by atoms with Crippen LogP contribution in [0.3, 0.4) is 0 Å². The molecule has 0 aliphatic carbocycles. The summed E-state index contributed by atoms with van der Waals surface area (Å²) in [6, 6.07) is 23.6. The Bertz CT molecular complexity index is 1100. The third-order valence-corrected chi connectivity index (χ3v) is 6.55. The predicted octanol–water partition coefficient (Wildman–Crippen LogP) is 5.57. The van der Waals surface area contributed by atoms with Crippen LogP contribution in [0.4, 0.5) is 13.2 Å². The standard InChI is InChI=1S/C28H28F3NO4/c1-34-24-14-10-21(11-15-24)27(20-7-4-3-5-8-20,22-12-16-25(35-2)17-13-22)36-19-23-9-6-18-32(23)26(33)28(29,30)31/h3-5,7-8,10-17,23H,6,9,18-19H2,1-2H3. The van der Waals surface area contributed by atoms with Gasteiger partial charge in [-0.15, -0.1) is 0 Å². The number of benzene rings is 3. The van der Waals surface area contributed by atoms with Crippen molar-refractivity contribution in [3.8, 4) is 11.5 Å². The van der Waals surface area contributed by atoms with E-state index < -0.39 is 23.7 Å². The lowest BCUT2D eigenvalue weighted by molar-refractivity contribution is -0.187. The Morgan fingerprint density at radius 2 is 1.33 bits per heavy atom. The minimum Gasteiger partial charge on any atom is -0.497 e. The van der Waals surface area contributed by atoms with Crippen molar-refractivity contribution in [1.29, 1.82) is 0 Å². The van der Waals surface area contributed by atoms with Gasteiger partial charge in [0.2, 0.25) is 0 Å². The molecule has 3 aromatic carbocycles. The number of alkyl halides is 3. The number of carbonyl (C=O) groups is 1. The molecule has 190 valence electrons. The van der Waals surface area contributed by atoms with E-state index in [1.54, 1.807) is 14.2 Å². The maximum atomic E-state index is 13.2. The van der Waals surface area contributed by atoms with Gasteiger partial charge in [0.25, 0.3) is 0 Å². The molecule has 1 amide bonds. The number of nitrogens with zero attached hydrogens (tertiary/aromatic N) is 1. The second-order valence-electron chi connectivity index (χ2n) is 8.61. The Morgan fingerprint density at radius 3 is 1.81 bits per heavy atom.